The monoisotopic (exact) mass is 352 g/mol. The van der Waals surface area contributed by atoms with Gasteiger partial charge in [-0.3, -0.25) is 4.79 Å². The maximum absolute atomic E-state index is 12.4. The van der Waals surface area contributed by atoms with Gasteiger partial charge < -0.3 is 10.6 Å². The first-order valence-corrected chi connectivity index (χ1v) is 9.97. The second-order valence-electron chi connectivity index (χ2n) is 6.64. The van der Waals surface area contributed by atoms with E-state index >= 15 is 0 Å². The smallest absolute Gasteiger partial charge is 0.242 e. The van der Waals surface area contributed by atoms with Crippen molar-refractivity contribution in [1.82, 2.24) is 9.71 Å². The van der Waals surface area contributed by atoms with E-state index in [1.54, 1.807) is 12.1 Å². The molecule has 0 bridgehead atoms. The number of carbonyl (C=O) groups excluding carboxylic acids is 1. The third-order valence-electron chi connectivity index (χ3n) is 4.86. The molecule has 0 spiro atoms. The lowest BCUT2D eigenvalue weighted by Crippen LogP contribution is -2.41. The van der Waals surface area contributed by atoms with Crippen molar-refractivity contribution >= 4 is 21.7 Å². The molecule has 0 aromatic carbocycles. The summed E-state index contributed by atoms with van der Waals surface area (Å²) in [6.07, 6.45) is 6.99. The molecule has 132 valence electrons. The molecule has 1 aliphatic carbocycles. The number of nitrogens with two attached hydrogens (primary N) is 1. The molecule has 1 saturated heterocycles. The summed E-state index contributed by atoms with van der Waals surface area (Å²) < 4.78 is 27.5. The SMILES string of the molecule is NC(=O)C1CCCN(c2ccc(S(=O)(=O)NC3CCCC3)cn2)C1. The van der Waals surface area contributed by atoms with Gasteiger partial charge in [0, 0.05) is 25.3 Å². The number of aromatic nitrogens is 1. The molecule has 8 heteroatoms. The lowest BCUT2D eigenvalue weighted by Gasteiger charge is -2.32. The number of sulfonamides is 1. The van der Waals surface area contributed by atoms with Crippen LogP contribution >= 0.6 is 0 Å². The Balaban J connectivity index is 1.69. The van der Waals surface area contributed by atoms with E-state index in [1.165, 1.54) is 6.20 Å². The summed E-state index contributed by atoms with van der Waals surface area (Å²) >= 11 is 0. The van der Waals surface area contributed by atoms with Gasteiger partial charge in [-0.1, -0.05) is 12.8 Å². The molecule has 1 aliphatic heterocycles. The average Bonchev–Trinajstić information content (AvgIpc) is 3.07. The number of nitrogens with one attached hydrogen (secondary N) is 1. The molecule has 1 unspecified atom stereocenters. The van der Waals surface area contributed by atoms with Crippen molar-refractivity contribution in [3.8, 4) is 0 Å². The number of nitrogens with zero attached hydrogens (tertiary/aromatic N) is 2. The number of anilines is 1. The molecule has 1 atom stereocenters. The Bertz CT molecular complexity index is 684. The van der Waals surface area contributed by atoms with Crippen LogP contribution in [0.15, 0.2) is 23.2 Å². The van der Waals surface area contributed by atoms with E-state index in [4.69, 9.17) is 5.73 Å². The average molecular weight is 352 g/mol. The molecule has 1 aromatic heterocycles. The van der Waals surface area contributed by atoms with Gasteiger partial charge in [0.25, 0.3) is 0 Å². The second kappa shape index (κ2) is 7.06. The zero-order valence-corrected chi connectivity index (χ0v) is 14.5. The summed E-state index contributed by atoms with van der Waals surface area (Å²) in [5, 5.41) is 0. The Kier molecular flexibility index (Phi) is 5.05. The molecular formula is C16H24N4O3S. The van der Waals surface area contributed by atoms with Gasteiger partial charge in [-0.15, -0.1) is 0 Å². The van der Waals surface area contributed by atoms with E-state index in [2.05, 4.69) is 9.71 Å². The van der Waals surface area contributed by atoms with Gasteiger partial charge in [-0.05, 0) is 37.8 Å². The fraction of sp³-hybridized carbons (Fsp3) is 0.625. The third-order valence-corrected chi connectivity index (χ3v) is 6.36. The van der Waals surface area contributed by atoms with Crippen molar-refractivity contribution in [2.45, 2.75) is 49.5 Å². The molecule has 2 heterocycles. The van der Waals surface area contributed by atoms with Crippen LogP contribution in [0, 0.1) is 5.92 Å². The quantitative estimate of drug-likeness (QED) is 0.822. The van der Waals surface area contributed by atoms with Crippen LogP contribution in [0.5, 0.6) is 0 Å². The number of hydrogen-bond donors (Lipinski definition) is 2. The second-order valence-corrected chi connectivity index (χ2v) is 8.36. The number of piperidine rings is 1. The van der Waals surface area contributed by atoms with Crippen LogP contribution in [-0.2, 0) is 14.8 Å². The highest BCUT2D eigenvalue weighted by molar-refractivity contribution is 7.89. The lowest BCUT2D eigenvalue weighted by atomic mass is 9.97. The van der Waals surface area contributed by atoms with E-state index in [9.17, 15) is 13.2 Å². The summed E-state index contributed by atoms with van der Waals surface area (Å²) in [7, 11) is -3.52. The molecule has 2 aliphatic rings. The Hall–Kier alpha value is -1.67. The lowest BCUT2D eigenvalue weighted by molar-refractivity contribution is -0.122. The highest BCUT2D eigenvalue weighted by Gasteiger charge is 2.26. The van der Waals surface area contributed by atoms with Crippen LogP contribution < -0.4 is 15.4 Å². The van der Waals surface area contributed by atoms with Crippen molar-refractivity contribution in [3.63, 3.8) is 0 Å². The number of pyridine rings is 1. The molecule has 3 rings (SSSR count). The van der Waals surface area contributed by atoms with Gasteiger partial charge >= 0.3 is 0 Å². The van der Waals surface area contributed by atoms with E-state index in [0.29, 0.717) is 12.4 Å². The van der Waals surface area contributed by atoms with Crippen LogP contribution in [0.25, 0.3) is 0 Å². The number of rotatable bonds is 5. The van der Waals surface area contributed by atoms with Gasteiger partial charge in [0.1, 0.15) is 10.7 Å². The number of primary amides is 1. The third kappa shape index (κ3) is 3.87. The van der Waals surface area contributed by atoms with Crippen LogP contribution in [0.3, 0.4) is 0 Å². The summed E-state index contributed by atoms with van der Waals surface area (Å²) in [5.74, 6) is 0.216. The molecule has 3 N–H and O–H groups in total. The molecular weight excluding hydrogens is 328 g/mol. The maximum atomic E-state index is 12.4. The van der Waals surface area contributed by atoms with E-state index in [0.717, 1.165) is 45.1 Å². The van der Waals surface area contributed by atoms with Crippen molar-refractivity contribution in [3.05, 3.63) is 18.3 Å². The van der Waals surface area contributed by atoms with Gasteiger partial charge in [-0.25, -0.2) is 18.1 Å². The minimum Gasteiger partial charge on any atom is -0.369 e. The molecule has 2 fully saturated rings. The van der Waals surface area contributed by atoms with Crippen molar-refractivity contribution < 1.29 is 13.2 Å². The van der Waals surface area contributed by atoms with Gasteiger partial charge in [0.15, 0.2) is 0 Å². The Labute approximate surface area is 142 Å². The van der Waals surface area contributed by atoms with E-state index in [-0.39, 0.29) is 22.8 Å². The highest BCUT2D eigenvalue weighted by atomic mass is 32.2. The Morgan fingerprint density at radius 3 is 2.58 bits per heavy atom. The fourth-order valence-corrected chi connectivity index (χ4v) is 4.72. The van der Waals surface area contributed by atoms with Crippen LogP contribution in [0.1, 0.15) is 38.5 Å². The van der Waals surface area contributed by atoms with Crippen LogP contribution in [0.2, 0.25) is 0 Å². The summed E-state index contributed by atoms with van der Waals surface area (Å²) in [4.78, 5) is 17.8. The summed E-state index contributed by atoms with van der Waals surface area (Å²) in [5.41, 5.74) is 5.39. The molecule has 0 radical (unpaired) electrons. The predicted molar refractivity (Wildman–Crippen MR) is 90.9 cm³/mol. The molecule has 1 saturated carbocycles. The van der Waals surface area contributed by atoms with Crippen LogP contribution in [-0.4, -0.2) is 38.4 Å². The first-order valence-electron chi connectivity index (χ1n) is 8.48. The molecule has 24 heavy (non-hydrogen) atoms. The molecule has 1 aromatic rings. The Morgan fingerprint density at radius 2 is 1.96 bits per heavy atom. The minimum atomic E-state index is -3.52. The minimum absolute atomic E-state index is 0.0353. The predicted octanol–water partition coefficient (Wildman–Crippen LogP) is 1.00. The largest absolute Gasteiger partial charge is 0.369 e. The number of carbonyl (C=O) groups is 1. The fourth-order valence-electron chi connectivity index (χ4n) is 3.47. The van der Waals surface area contributed by atoms with Crippen molar-refractivity contribution in [2.75, 3.05) is 18.0 Å². The van der Waals surface area contributed by atoms with Crippen LogP contribution in [0.4, 0.5) is 5.82 Å². The molecule has 1 amide bonds. The number of amides is 1. The van der Waals surface area contributed by atoms with E-state index in [1.807, 2.05) is 4.90 Å². The first-order chi connectivity index (χ1) is 11.5. The maximum Gasteiger partial charge on any atom is 0.242 e. The number of hydrogen-bond acceptors (Lipinski definition) is 5. The van der Waals surface area contributed by atoms with Gasteiger partial charge in [0.2, 0.25) is 15.9 Å². The first kappa shape index (κ1) is 17.2. The topological polar surface area (TPSA) is 105 Å². The molecule has 7 nitrogen and oxygen atoms in total. The highest BCUT2D eigenvalue weighted by Crippen LogP contribution is 2.23. The van der Waals surface area contributed by atoms with Crippen molar-refractivity contribution in [1.29, 1.82) is 0 Å². The standard InChI is InChI=1S/C16H24N4O3S/c17-16(21)12-4-3-9-20(11-12)15-8-7-14(10-18-15)24(22,23)19-13-5-1-2-6-13/h7-8,10,12-13,19H,1-6,9,11H2,(H2,17,21). The van der Waals surface area contributed by atoms with Gasteiger partial charge in [-0.2, -0.15) is 0 Å². The Morgan fingerprint density at radius 1 is 1.21 bits per heavy atom. The summed E-state index contributed by atoms with van der Waals surface area (Å²) in [6, 6.07) is 3.31. The zero-order valence-electron chi connectivity index (χ0n) is 13.6. The summed E-state index contributed by atoms with van der Waals surface area (Å²) in [6.45, 7) is 1.33. The van der Waals surface area contributed by atoms with Gasteiger partial charge in [0.05, 0.1) is 5.92 Å². The van der Waals surface area contributed by atoms with E-state index < -0.39 is 10.0 Å². The zero-order chi connectivity index (χ0) is 17.2. The van der Waals surface area contributed by atoms with Crippen molar-refractivity contribution in [2.24, 2.45) is 11.7 Å². The normalized spacial score (nSPS) is 22.7.